The van der Waals surface area contributed by atoms with E-state index in [9.17, 15) is 4.79 Å². The van der Waals surface area contributed by atoms with Crippen LogP contribution in [0.1, 0.15) is 10.5 Å². The maximum atomic E-state index is 11.9. The van der Waals surface area contributed by atoms with Gasteiger partial charge in [-0.05, 0) is 12.1 Å². The van der Waals surface area contributed by atoms with Gasteiger partial charge in [0.25, 0.3) is 5.91 Å². The van der Waals surface area contributed by atoms with Crippen molar-refractivity contribution in [1.29, 1.82) is 0 Å². The Balaban J connectivity index is 2.40. The first-order valence-electron chi connectivity index (χ1n) is 6.32. The molecule has 0 radical (unpaired) electrons. The first kappa shape index (κ1) is 14.7. The molecule has 0 aliphatic heterocycles. The van der Waals surface area contributed by atoms with Gasteiger partial charge in [0.1, 0.15) is 5.75 Å². The number of aliphatic hydroxyl groups excluding tert-OH is 1. The van der Waals surface area contributed by atoms with E-state index in [0.29, 0.717) is 17.0 Å². The third kappa shape index (κ3) is 3.26. The van der Waals surface area contributed by atoms with E-state index in [2.05, 4.69) is 15.3 Å². The Kier molecular flexibility index (Phi) is 4.68. The number of nitrogens with two attached hydrogens (primary N) is 1. The normalized spacial score (nSPS) is 10.2. The van der Waals surface area contributed by atoms with Gasteiger partial charge < -0.3 is 20.9 Å². The molecule has 2 aromatic rings. The van der Waals surface area contributed by atoms with Gasteiger partial charge in [-0.15, -0.1) is 0 Å². The minimum Gasteiger partial charge on any atom is -0.496 e. The largest absolute Gasteiger partial charge is 0.496 e. The molecule has 1 amide bonds. The molecule has 7 nitrogen and oxygen atoms in total. The van der Waals surface area contributed by atoms with Crippen LogP contribution in [0.5, 0.6) is 5.75 Å². The molecule has 0 saturated carbocycles. The van der Waals surface area contributed by atoms with Crippen molar-refractivity contribution in [1.82, 2.24) is 15.3 Å². The Morgan fingerprint density at radius 3 is 2.90 bits per heavy atom. The monoisotopic (exact) mass is 288 g/mol. The van der Waals surface area contributed by atoms with Gasteiger partial charge in [-0.3, -0.25) is 4.79 Å². The van der Waals surface area contributed by atoms with Crippen molar-refractivity contribution in [3.63, 3.8) is 0 Å². The standard InChI is InChI=1S/C14H16N4O3/c1-21-11-5-3-2-4-9(11)10-8-17-13(15)12(18-10)14(20)16-6-7-19/h2-5,8,19H,6-7H2,1H3,(H2,15,17)(H,16,20). The third-order valence-corrected chi connectivity index (χ3v) is 2.80. The number of carbonyl (C=O) groups is 1. The molecule has 110 valence electrons. The number of hydrogen-bond acceptors (Lipinski definition) is 6. The Morgan fingerprint density at radius 1 is 1.43 bits per heavy atom. The minimum atomic E-state index is -0.481. The number of para-hydroxylation sites is 1. The summed E-state index contributed by atoms with van der Waals surface area (Å²) in [6, 6.07) is 7.27. The zero-order chi connectivity index (χ0) is 15.2. The second-order valence-electron chi connectivity index (χ2n) is 4.17. The molecule has 1 heterocycles. The van der Waals surface area contributed by atoms with Crippen LogP contribution in [0.4, 0.5) is 5.82 Å². The minimum absolute atomic E-state index is 0.0202. The second-order valence-corrected chi connectivity index (χ2v) is 4.17. The van der Waals surface area contributed by atoms with E-state index in [0.717, 1.165) is 0 Å². The van der Waals surface area contributed by atoms with Crippen LogP contribution >= 0.6 is 0 Å². The first-order valence-corrected chi connectivity index (χ1v) is 6.32. The summed E-state index contributed by atoms with van der Waals surface area (Å²) < 4.78 is 5.26. The lowest BCUT2D eigenvalue weighted by atomic mass is 10.1. The maximum Gasteiger partial charge on any atom is 0.273 e. The Bertz CT molecular complexity index is 646. The van der Waals surface area contributed by atoms with E-state index in [4.69, 9.17) is 15.6 Å². The molecule has 1 aromatic heterocycles. The van der Waals surface area contributed by atoms with Gasteiger partial charge in [0, 0.05) is 12.1 Å². The molecule has 2 rings (SSSR count). The average molecular weight is 288 g/mol. The maximum absolute atomic E-state index is 11.9. The highest BCUT2D eigenvalue weighted by Crippen LogP contribution is 2.28. The molecule has 0 aliphatic rings. The summed E-state index contributed by atoms with van der Waals surface area (Å²) >= 11 is 0. The topological polar surface area (TPSA) is 110 Å². The fourth-order valence-corrected chi connectivity index (χ4v) is 1.80. The van der Waals surface area contributed by atoms with Crippen molar-refractivity contribution in [2.24, 2.45) is 0 Å². The number of nitrogens with one attached hydrogen (secondary N) is 1. The number of ether oxygens (including phenoxy) is 1. The molecular formula is C14H16N4O3. The zero-order valence-corrected chi connectivity index (χ0v) is 11.5. The molecule has 4 N–H and O–H groups in total. The molecule has 0 bridgehead atoms. The van der Waals surface area contributed by atoms with Gasteiger partial charge in [-0.1, -0.05) is 12.1 Å². The zero-order valence-electron chi connectivity index (χ0n) is 11.5. The number of carbonyl (C=O) groups excluding carboxylic acids is 1. The molecule has 0 fully saturated rings. The third-order valence-electron chi connectivity index (χ3n) is 2.80. The molecule has 0 saturated heterocycles. The second kappa shape index (κ2) is 6.67. The quantitative estimate of drug-likeness (QED) is 0.737. The van der Waals surface area contributed by atoms with Crippen LogP contribution in [0.2, 0.25) is 0 Å². The number of amides is 1. The summed E-state index contributed by atoms with van der Waals surface area (Å²) in [6.45, 7) is -0.0376. The van der Waals surface area contributed by atoms with Gasteiger partial charge in [0.05, 0.1) is 25.6 Å². The molecule has 7 heteroatoms. The number of methoxy groups -OCH3 is 1. The summed E-state index contributed by atoms with van der Waals surface area (Å²) in [5, 5.41) is 11.2. The van der Waals surface area contributed by atoms with Crippen molar-refractivity contribution in [2.75, 3.05) is 26.0 Å². The first-order chi connectivity index (χ1) is 10.2. The molecule has 0 spiro atoms. The summed E-state index contributed by atoms with van der Waals surface area (Å²) in [5.41, 5.74) is 6.90. The molecule has 21 heavy (non-hydrogen) atoms. The van der Waals surface area contributed by atoms with Crippen LogP contribution in [0.3, 0.4) is 0 Å². The Labute approximate surface area is 121 Å². The predicted molar refractivity (Wildman–Crippen MR) is 77.9 cm³/mol. The number of benzene rings is 1. The summed E-state index contributed by atoms with van der Waals surface area (Å²) in [6.07, 6.45) is 1.48. The van der Waals surface area contributed by atoms with Crippen LogP contribution in [0, 0.1) is 0 Å². The number of nitrogens with zero attached hydrogens (tertiary/aromatic N) is 2. The number of anilines is 1. The lowest BCUT2D eigenvalue weighted by molar-refractivity contribution is 0.0940. The lowest BCUT2D eigenvalue weighted by Gasteiger charge is -2.10. The van der Waals surface area contributed by atoms with Crippen LogP contribution in [-0.2, 0) is 0 Å². The average Bonchev–Trinajstić information content (AvgIpc) is 2.53. The number of aliphatic hydroxyl groups is 1. The summed E-state index contributed by atoms with van der Waals surface area (Å²) in [4.78, 5) is 20.2. The van der Waals surface area contributed by atoms with Crippen molar-refractivity contribution in [2.45, 2.75) is 0 Å². The lowest BCUT2D eigenvalue weighted by Crippen LogP contribution is -2.28. The fourth-order valence-electron chi connectivity index (χ4n) is 1.80. The molecule has 0 atom stereocenters. The molecule has 0 unspecified atom stereocenters. The van der Waals surface area contributed by atoms with Crippen molar-refractivity contribution in [3.05, 3.63) is 36.2 Å². The van der Waals surface area contributed by atoms with Crippen LogP contribution in [-0.4, -0.2) is 41.2 Å². The molecule has 1 aromatic carbocycles. The SMILES string of the molecule is COc1ccccc1-c1cnc(N)c(C(=O)NCCO)n1. The summed E-state index contributed by atoms with van der Waals surface area (Å²) in [5.74, 6) is 0.174. The fraction of sp³-hybridized carbons (Fsp3) is 0.214. The smallest absolute Gasteiger partial charge is 0.273 e. The van der Waals surface area contributed by atoms with E-state index in [1.807, 2.05) is 18.2 Å². The Morgan fingerprint density at radius 2 is 2.19 bits per heavy atom. The molecule has 0 aliphatic carbocycles. The van der Waals surface area contributed by atoms with E-state index in [1.54, 1.807) is 13.2 Å². The number of rotatable bonds is 5. The van der Waals surface area contributed by atoms with Gasteiger partial charge in [-0.25, -0.2) is 9.97 Å². The highest BCUT2D eigenvalue weighted by molar-refractivity contribution is 5.96. The van der Waals surface area contributed by atoms with Gasteiger partial charge in [-0.2, -0.15) is 0 Å². The predicted octanol–water partition coefficient (Wildman–Crippen LogP) is 0.456. The van der Waals surface area contributed by atoms with Crippen molar-refractivity contribution < 1.29 is 14.6 Å². The van der Waals surface area contributed by atoms with Crippen molar-refractivity contribution >= 4 is 11.7 Å². The van der Waals surface area contributed by atoms with Crippen LogP contribution in [0.25, 0.3) is 11.3 Å². The number of nitrogen functional groups attached to an aromatic ring is 1. The van der Waals surface area contributed by atoms with Crippen molar-refractivity contribution in [3.8, 4) is 17.0 Å². The number of aromatic nitrogens is 2. The van der Waals surface area contributed by atoms with E-state index in [1.165, 1.54) is 6.20 Å². The van der Waals surface area contributed by atoms with E-state index >= 15 is 0 Å². The van der Waals surface area contributed by atoms with Crippen LogP contribution < -0.4 is 15.8 Å². The van der Waals surface area contributed by atoms with E-state index in [-0.39, 0.29) is 24.7 Å². The van der Waals surface area contributed by atoms with Gasteiger partial charge in [0.2, 0.25) is 0 Å². The van der Waals surface area contributed by atoms with Gasteiger partial charge >= 0.3 is 0 Å². The molecular weight excluding hydrogens is 272 g/mol. The van der Waals surface area contributed by atoms with Crippen LogP contribution in [0.15, 0.2) is 30.5 Å². The van der Waals surface area contributed by atoms with E-state index < -0.39 is 5.91 Å². The Hall–Kier alpha value is -2.67. The summed E-state index contributed by atoms with van der Waals surface area (Å²) in [7, 11) is 1.55. The highest BCUT2D eigenvalue weighted by Gasteiger charge is 2.15. The highest BCUT2D eigenvalue weighted by atomic mass is 16.5. The number of hydrogen-bond donors (Lipinski definition) is 3. The van der Waals surface area contributed by atoms with Gasteiger partial charge in [0.15, 0.2) is 11.5 Å².